The molecule has 0 unspecified atom stereocenters. The van der Waals surface area contributed by atoms with Crippen LogP contribution in [-0.2, 0) is 47.6 Å². The average molecular weight is 1410 g/mol. The zero-order valence-electron chi connectivity index (χ0n) is 44.4. The van der Waals surface area contributed by atoms with Crippen molar-refractivity contribution in [2.45, 2.75) is 59.5 Å². The van der Waals surface area contributed by atoms with E-state index in [4.69, 9.17) is 26.9 Å². The zero-order valence-corrected chi connectivity index (χ0v) is 53.1. The largest absolute Gasteiger partial charge is 0.460 e. The van der Waals surface area contributed by atoms with Gasteiger partial charge in [-0.25, -0.2) is 16.8 Å². The van der Waals surface area contributed by atoms with Crippen LogP contribution in [0, 0.1) is 13.8 Å². The van der Waals surface area contributed by atoms with Crippen LogP contribution >= 0.6 is 74.4 Å². The Kier molecular flexibility index (Phi) is 32.1. The molecule has 6 aromatic carbocycles. The van der Waals surface area contributed by atoms with E-state index in [1.54, 1.807) is 63.2 Å². The van der Waals surface area contributed by atoms with Gasteiger partial charge in [0.05, 0.1) is 42.3 Å². The van der Waals surface area contributed by atoms with E-state index >= 15 is 0 Å². The molecule has 0 spiro atoms. The van der Waals surface area contributed by atoms with Crippen LogP contribution in [0.25, 0.3) is 12.2 Å². The second-order valence-electron chi connectivity index (χ2n) is 17.7. The molecule has 80 heavy (non-hydrogen) atoms. The Bertz CT molecular complexity index is 3270. The van der Waals surface area contributed by atoms with Crippen LogP contribution in [-0.4, -0.2) is 70.9 Å². The number of ether oxygens (including phenoxy) is 1. The Balaban J connectivity index is 0.000000352. The van der Waals surface area contributed by atoms with Gasteiger partial charge in [0.1, 0.15) is 5.60 Å². The molecule has 0 bridgehead atoms. The number of nitrogens with two attached hydrogens (primary N) is 2. The number of para-hydroxylation sites is 3. The van der Waals surface area contributed by atoms with Crippen LogP contribution in [0.15, 0.2) is 174 Å². The summed E-state index contributed by atoms with van der Waals surface area (Å²) >= 11 is 13.3. The van der Waals surface area contributed by atoms with Crippen LogP contribution < -0.4 is 32.7 Å². The number of carbonyl (C=O) groups excluding carboxylic acids is 5. The topological polar surface area (TPSA) is 263 Å². The third-order valence-corrected chi connectivity index (χ3v) is 14.2. The summed E-state index contributed by atoms with van der Waals surface area (Å²) < 4.78 is 53.6. The number of amides is 4. The second-order valence-corrected chi connectivity index (χ2v) is 25.7. The quantitative estimate of drug-likeness (QED) is 0.0390. The molecule has 0 saturated heterocycles. The Morgan fingerprint density at radius 1 is 0.525 bits per heavy atom. The van der Waals surface area contributed by atoms with E-state index in [-0.39, 0.29) is 67.7 Å². The maximum absolute atomic E-state index is 12.0. The Morgan fingerprint density at radius 2 is 0.925 bits per heavy atom. The zero-order chi connectivity index (χ0) is 59.9. The number of anilines is 4. The van der Waals surface area contributed by atoms with Crippen LogP contribution in [0.1, 0.15) is 62.3 Å². The molecule has 6 aromatic rings. The molecule has 0 atom stereocenters. The number of rotatable bonds is 16. The smallest absolute Gasteiger partial charge is 0.306 e. The normalized spacial score (nSPS) is 10.9. The molecule has 0 aliphatic heterocycles. The van der Waals surface area contributed by atoms with Crippen molar-refractivity contribution in [1.82, 2.24) is 0 Å². The summed E-state index contributed by atoms with van der Waals surface area (Å²) in [6.45, 7) is 9.33. The number of halogens is 5. The SMILES string of the molecule is CC(C)(C)OC(=O)CCC(=O)Nc1ccccc1Br.Cc1ccc(/C=C/S(=O)(=O)CCC(=O)Nc2ccccc2Br)cc1.Cc1ccc(/C=C/S(=O)(=O)Cl)cc1.NCC(=O)Nc1cccc(Br)c1.NCC(=O)Nc1ccccc1Br. The molecule has 8 N–H and O–H groups in total. The van der Waals surface area contributed by atoms with E-state index in [9.17, 15) is 40.8 Å². The third kappa shape index (κ3) is 33.1. The van der Waals surface area contributed by atoms with Crippen molar-refractivity contribution in [3.8, 4) is 0 Å². The van der Waals surface area contributed by atoms with Crippen LogP contribution in [0.4, 0.5) is 22.7 Å². The molecule has 4 amide bonds. The lowest BCUT2D eigenvalue weighted by Gasteiger charge is -2.19. The molecular formula is C57H63Br4ClN6O10S2. The number of hydrogen-bond donors (Lipinski definition) is 6. The number of aryl methyl sites for hydroxylation is 2. The highest BCUT2D eigenvalue weighted by molar-refractivity contribution is 9.11. The monoisotopic (exact) mass is 1410 g/mol. The van der Waals surface area contributed by atoms with Gasteiger partial charge in [0.2, 0.25) is 23.6 Å². The van der Waals surface area contributed by atoms with Crippen LogP contribution in [0.2, 0.25) is 0 Å². The van der Waals surface area contributed by atoms with Crippen LogP contribution in [0.5, 0.6) is 0 Å². The first-order valence-electron chi connectivity index (χ1n) is 24.0. The van der Waals surface area contributed by atoms with Gasteiger partial charge in [-0.05, 0) is 160 Å². The molecular weight excluding hydrogens is 1350 g/mol. The lowest BCUT2D eigenvalue weighted by molar-refractivity contribution is -0.155. The molecule has 0 aromatic heterocycles. The molecule has 0 heterocycles. The van der Waals surface area contributed by atoms with Gasteiger partial charge in [-0.1, -0.05) is 118 Å². The van der Waals surface area contributed by atoms with Crippen molar-refractivity contribution >= 4 is 158 Å². The number of esters is 1. The first-order valence-corrected chi connectivity index (χ1v) is 31.3. The molecule has 0 saturated carbocycles. The van der Waals surface area contributed by atoms with Gasteiger partial charge in [0, 0.05) is 57.9 Å². The van der Waals surface area contributed by atoms with E-state index in [2.05, 4.69) is 85.0 Å². The van der Waals surface area contributed by atoms with Gasteiger partial charge in [-0.3, -0.25) is 24.0 Å². The summed E-state index contributed by atoms with van der Waals surface area (Å²) in [7, 11) is -1.98. The Morgan fingerprint density at radius 3 is 1.32 bits per heavy atom. The van der Waals surface area contributed by atoms with Crippen molar-refractivity contribution in [2.75, 3.05) is 40.1 Å². The number of hydrogen-bond acceptors (Lipinski definition) is 12. The Labute approximate surface area is 506 Å². The van der Waals surface area contributed by atoms with Crippen molar-refractivity contribution in [1.29, 1.82) is 0 Å². The van der Waals surface area contributed by atoms with E-state index < -0.39 is 24.5 Å². The van der Waals surface area contributed by atoms with Crippen molar-refractivity contribution in [3.05, 3.63) is 197 Å². The van der Waals surface area contributed by atoms with Gasteiger partial charge in [-0.15, -0.1) is 0 Å². The minimum Gasteiger partial charge on any atom is -0.460 e. The molecule has 23 heteroatoms. The minimum absolute atomic E-state index is 0.00132. The first kappa shape index (κ1) is 70.3. The van der Waals surface area contributed by atoms with E-state index in [1.807, 2.05) is 123 Å². The highest BCUT2D eigenvalue weighted by atomic mass is 79.9. The standard InChI is InChI=1S/C18H18BrNO3S.C14H18BrNO3.C9H9ClO2S.2C8H9BrN2O/c1-14-6-8-15(9-7-14)10-12-24(22,23)13-11-18(21)20-17-5-3-2-4-16(17)19;1-14(2,3)19-13(18)9-8-12(17)16-11-7-5-4-6-10(11)15;1-8-2-4-9(5-3-8)6-7-13(10,11)12;9-6-2-1-3-7(4-6)11-8(12)5-10;9-6-3-1-2-4-7(6)11-8(12)5-10/h2-10,12H,11,13H2,1H3,(H,20,21);4-7H,8-9H2,1-3H3,(H,16,17);2-7H,1H3;2*1-4H,5,10H2,(H,11,12)/b12-10+;;7-6+;;. The summed E-state index contributed by atoms with van der Waals surface area (Å²) in [5.41, 5.74) is 16.4. The van der Waals surface area contributed by atoms with Gasteiger partial charge in [-0.2, -0.15) is 0 Å². The highest BCUT2D eigenvalue weighted by Crippen LogP contribution is 2.24. The molecule has 0 radical (unpaired) electrons. The first-order chi connectivity index (χ1) is 37.6. The fraction of sp³-hybridized carbons (Fsp3) is 0.211. The summed E-state index contributed by atoms with van der Waals surface area (Å²) in [5.74, 6) is -1.53. The second kappa shape index (κ2) is 36.5. The number of benzene rings is 6. The van der Waals surface area contributed by atoms with Gasteiger partial charge >= 0.3 is 5.97 Å². The van der Waals surface area contributed by atoms with Gasteiger partial charge in [0.25, 0.3) is 9.05 Å². The fourth-order valence-corrected chi connectivity index (χ4v) is 8.70. The number of sulfone groups is 1. The maximum atomic E-state index is 12.0. The predicted octanol–water partition coefficient (Wildman–Crippen LogP) is 12.9. The molecule has 16 nitrogen and oxygen atoms in total. The molecule has 428 valence electrons. The Hall–Kier alpha value is -5.82. The van der Waals surface area contributed by atoms with Crippen molar-refractivity contribution in [3.63, 3.8) is 0 Å². The van der Waals surface area contributed by atoms with Gasteiger partial charge < -0.3 is 37.5 Å². The minimum atomic E-state index is -3.54. The molecule has 6 rings (SSSR count). The lowest BCUT2D eigenvalue weighted by Crippen LogP contribution is -2.24. The fourth-order valence-electron chi connectivity index (χ4n) is 5.70. The summed E-state index contributed by atoms with van der Waals surface area (Å²) in [5, 5.41) is 12.8. The highest BCUT2D eigenvalue weighted by Gasteiger charge is 2.17. The average Bonchev–Trinajstić information content (AvgIpc) is 3.39. The maximum Gasteiger partial charge on any atom is 0.306 e. The van der Waals surface area contributed by atoms with Crippen molar-refractivity contribution < 1.29 is 45.5 Å². The van der Waals surface area contributed by atoms with Gasteiger partial charge in [0.15, 0.2) is 9.84 Å². The van der Waals surface area contributed by atoms with E-state index in [1.165, 1.54) is 6.08 Å². The summed E-state index contributed by atoms with van der Waals surface area (Å²) in [6, 6.07) is 44.2. The predicted molar refractivity (Wildman–Crippen MR) is 338 cm³/mol. The molecule has 0 fully saturated rings. The van der Waals surface area contributed by atoms with Crippen LogP contribution in [0.3, 0.4) is 0 Å². The summed E-state index contributed by atoms with van der Waals surface area (Å²) in [6.07, 6.45) is 3.09. The number of carbonyl (C=O) groups is 5. The lowest BCUT2D eigenvalue weighted by atomic mass is 10.2. The molecule has 0 aliphatic rings. The molecule has 0 aliphatic carbocycles. The van der Waals surface area contributed by atoms with Crippen molar-refractivity contribution in [2.24, 2.45) is 11.5 Å². The number of nitrogens with one attached hydrogen (secondary N) is 4. The van der Waals surface area contributed by atoms with E-state index in [0.29, 0.717) is 11.4 Å². The summed E-state index contributed by atoms with van der Waals surface area (Å²) in [4.78, 5) is 56.8. The third-order valence-electron chi connectivity index (χ3n) is 9.56. The van der Waals surface area contributed by atoms with E-state index in [0.717, 1.165) is 62.3 Å².